The molecule has 14 heavy (non-hydrogen) atoms. The van der Waals surface area contributed by atoms with E-state index in [1.807, 2.05) is 5.43 Å². The molecule has 1 aromatic rings. The van der Waals surface area contributed by atoms with E-state index in [4.69, 9.17) is 40.6 Å². The van der Waals surface area contributed by atoms with Gasteiger partial charge >= 0.3 is 0 Å². The first-order chi connectivity index (χ1) is 6.48. The van der Waals surface area contributed by atoms with Crippen LogP contribution >= 0.6 is 34.8 Å². The molecule has 0 fully saturated rings. The molecule has 3 N–H and O–H groups in total. The smallest absolute Gasteiger partial charge is 0.276 e. The van der Waals surface area contributed by atoms with Gasteiger partial charge in [-0.3, -0.25) is 10.2 Å². The number of amides is 1. The molecule has 0 unspecified atom stereocenters. The fraction of sp³-hybridized carbons (Fsp3) is 0.143. The molecule has 0 atom stereocenters. The van der Waals surface area contributed by atoms with Gasteiger partial charge in [-0.2, -0.15) is 0 Å². The van der Waals surface area contributed by atoms with Crippen molar-refractivity contribution in [2.45, 2.75) is 4.33 Å². The Bertz CT molecular complexity index is 356. The summed E-state index contributed by atoms with van der Waals surface area (Å²) in [7, 11) is 0. The molecule has 4 nitrogen and oxygen atoms in total. The minimum absolute atomic E-state index is 0.122. The molecule has 76 valence electrons. The van der Waals surface area contributed by atoms with E-state index in [0.717, 1.165) is 0 Å². The summed E-state index contributed by atoms with van der Waals surface area (Å²) >= 11 is 17.1. The van der Waals surface area contributed by atoms with Gasteiger partial charge < -0.3 is 0 Å². The predicted molar refractivity (Wildman–Crippen MR) is 55.0 cm³/mol. The van der Waals surface area contributed by atoms with Crippen molar-refractivity contribution in [2.75, 3.05) is 0 Å². The number of nitrogens with two attached hydrogens (primary N) is 1. The molecule has 1 aromatic heterocycles. The van der Waals surface area contributed by atoms with Crippen molar-refractivity contribution < 1.29 is 4.79 Å². The first-order valence-corrected chi connectivity index (χ1v) is 4.63. The van der Waals surface area contributed by atoms with Crippen molar-refractivity contribution in [1.29, 1.82) is 0 Å². The lowest BCUT2D eigenvalue weighted by atomic mass is 10.2. The summed E-state index contributed by atoms with van der Waals surface area (Å²) in [5.74, 6) is 4.14. The van der Waals surface area contributed by atoms with Gasteiger partial charge in [0.2, 0.25) is 4.33 Å². The van der Waals surface area contributed by atoms with Crippen LogP contribution in [0.3, 0.4) is 0 Å². The third kappa shape index (κ3) is 2.27. The zero-order valence-corrected chi connectivity index (χ0v) is 9.07. The molecular weight excluding hydrogens is 248 g/mol. The number of nitrogens with one attached hydrogen (secondary N) is 1. The van der Waals surface area contributed by atoms with E-state index in [1.54, 1.807) is 6.07 Å². The second-order valence-electron chi connectivity index (χ2n) is 2.39. The lowest BCUT2D eigenvalue weighted by Gasteiger charge is -2.16. The first kappa shape index (κ1) is 11.5. The molecule has 0 spiro atoms. The van der Waals surface area contributed by atoms with Gasteiger partial charge in [0.05, 0.1) is 5.69 Å². The highest BCUT2D eigenvalue weighted by atomic mass is 35.5. The first-order valence-electron chi connectivity index (χ1n) is 3.50. The predicted octanol–water partition coefficient (Wildman–Crippen LogP) is 1.36. The van der Waals surface area contributed by atoms with Gasteiger partial charge in [-0.15, -0.1) is 0 Å². The Hall–Kier alpha value is -0.550. The Morgan fingerprint density at radius 3 is 2.64 bits per heavy atom. The van der Waals surface area contributed by atoms with Crippen LogP contribution in [0.5, 0.6) is 0 Å². The maximum atomic E-state index is 11.2. The molecule has 0 aliphatic carbocycles. The monoisotopic (exact) mass is 253 g/mol. The third-order valence-corrected chi connectivity index (χ3v) is 2.39. The van der Waals surface area contributed by atoms with Crippen LogP contribution in [0.2, 0.25) is 5.15 Å². The molecule has 1 heterocycles. The van der Waals surface area contributed by atoms with Gasteiger partial charge in [0.1, 0.15) is 5.15 Å². The van der Waals surface area contributed by atoms with Gasteiger partial charge in [-0.1, -0.05) is 40.9 Å². The number of pyridine rings is 1. The number of hydrazine groups is 1. The van der Waals surface area contributed by atoms with Crippen molar-refractivity contribution in [2.24, 2.45) is 5.84 Å². The van der Waals surface area contributed by atoms with Gasteiger partial charge in [-0.05, 0) is 12.1 Å². The topological polar surface area (TPSA) is 68.0 Å². The lowest BCUT2D eigenvalue weighted by molar-refractivity contribution is -0.122. The Morgan fingerprint density at radius 2 is 2.14 bits per heavy atom. The van der Waals surface area contributed by atoms with Crippen LogP contribution in [-0.4, -0.2) is 10.9 Å². The Labute approximate surface area is 95.3 Å². The number of carbonyl (C=O) groups is 1. The Kier molecular flexibility index (Phi) is 3.55. The number of hydrogen-bond acceptors (Lipinski definition) is 3. The largest absolute Gasteiger partial charge is 0.291 e. The van der Waals surface area contributed by atoms with Crippen molar-refractivity contribution in [3.8, 4) is 0 Å². The van der Waals surface area contributed by atoms with Crippen LogP contribution < -0.4 is 11.3 Å². The number of aromatic nitrogens is 1. The standard InChI is InChI=1S/C7H6Cl3N3O/c8-5-3-1-2-4(12-5)7(9,10)6(14)13-11/h1-3H,11H2,(H,13,14). The van der Waals surface area contributed by atoms with Crippen LogP contribution in [0.25, 0.3) is 0 Å². The van der Waals surface area contributed by atoms with Crippen molar-refractivity contribution in [3.05, 3.63) is 29.0 Å². The van der Waals surface area contributed by atoms with Crippen LogP contribution in [0, 0.1) is 0 Å². The highest BCUT2D eigenvalue weighted by Gasteiger charge is 2.37. The van der Waals surface area contributed by atoms with Crippen LogP contribution in [0.1, 0.15) is 5.69 Å². The van der Waals surface area contributed by atoms with Crippen molar-refractivity contribution in [3.63, 3.8) is 0 Å². The Morgan fingerprint density at radius 1 is 1.50 bits per heavy atom. The highest BCUT2D eigenvalue weighted by Crippen LogP contribution is 2.32. The number of carbonyl (C=O) groups excluding carboxylic acids is 1. The van der Waals surface area contributed by atoms with Crippen molar-refractivity contribution in [1.82, 2.24) is 10.4 Å². The molecule has 0 aliphatic rings. The number of alkyl halides is 2. The zero-order valence-electron chi connectivity index (χ0n) is 6.80. The van der Waals surface area contributed by atoms with E-state index in [-0.39, 0.29) is 10.8 Å². The number of hydrogen-bond donors (Lipinski definition) is 2. The van der Waals surface area contributed by atoms with Gasteiger partial charge in [-0.25, -0.2) is 10.8 Å². The maximum Gasteiger partial charge on any atom is 0.276 e. The fourth-order valence-corrected chi connectivity index (χ4v) is 1.27. The van der Waals surface area contributed by atoms with Crippen LogP contribution in [-0.2, 0) is 9.13 Å². The summed E-state index contributed by atoms with van der Waals surface area (Å²) in [6.07, 6.45) is 0. The molecule has 0 saturated heterocycles. The van der Waals surface area contributed by atoms with E-state index in [0.29, 0.717) is 0 Å². The van der Waals surface area contributed by atoms with E-state index in [2.05, 4.69) is 4.98 Å². The normalized spacial score (nSPS) is 11.1. The average molecular weight is 255 g/mol. The number of halogens is 3. The second kappa shape index (κ2) is 4.31. The quantitative estimate of drug-likeness (QED) is 0.275. The van der Waals surface area contributed by atoms with E-state index in [1.165, 1.54) is 12.1 Å². The SMILES string of the molecule is NNC(=O)C(Cl)(Cl)c1cccc(Cl)n1. The molecular formula is C7H6Cl3N3O. The van der Waals surface area contributed by atoms with E-state index >= 15 is 0 Å². The summed E-state index contributed by atoms with van der Waals surface area (Å²) < 4.78 is -1.83. The van der Waals surface area contributed by atoms with Gasteiger partial charge in [0.25, 0.3) is 5.91 Å². The molecule has 7 heteroatoms. The fourth-order valence-electron chi connectivity index (χ4n) is 0.790. The molecule has 1 rings (SSSR count). The molecule has 1 amide bonds. The Balaban J connectivity index is 3.09. The van der Waals surface area contributed by atoms with Gasteiger partial charge in [0, 0.05) is 0 Å². The molecule has 0 saturated carbocycles. The number of nitrogens with zero attached hydrogens (tertiary/aromatic N) is 1. The maximum absolute atomic E-state index is 11.2. The van der Waals surface area contributed by atoms with Crippen molar-refractivity contribution >= 4 is 40.7 Å². The summed E-state index contributed by atoms with van der Waals surface area (Å²) in [5.41, 5.74) is 1.96. The lowest BCUT2D eigenvalue weighted by Crippen LogP contribution is -2.41. The second-order valence-corrected chi connectivity index (χ2v) is 4.11. The number of rotatable bonds is 2. The summed E-state index contributed by atoms with van der Waals surface area (Å²) in [5, 5.41) is 0.193. The van der Waals surface area contributed by atoms with E-state index < -0.39 is 10.2 Å². The van der Waals surface area contributed by atoms with Crippen LogP contribution in [0.15, 0.2) is 18.2 Å². The highest BCUT2D eigenvalue weighted by molar-refractivity contribution is 6.57. The molecule has 0 aromatic carbocycles. The average Bonchev–Trinajstić information content (AvgIpc) is 2.16. The summed E-state index contributed by atoms with van der Waals surface area (Å²) in [4.78, 5) is 15.0. The van der Waals surface area contributed by atoms with Crippen LogP contribution in [0.4, 0.5) is 0 Å². The van der Waals surface area contributed by atoms with Gasteiger partial charge in [0.15, 0.2) is 0 Å². The minimum atomic E-state index is -1.83. The molecule has 0 bridgehead atoms. The minimum Gasteiger partial charge on any atom is -0.291 e. The molecule has 0 radical (unpaired) electrons. The van der Waals surface area contributed by atoms with E-state index in [9.17, 15) is 4.79 Å². The molecule has 0 aliphatic heterocycles. The summed E-state index contributed by atoms with van der Waals surface area (Å²) in [6.45, 7) is 0. The summed E-state index contributed by atoms with van der Waals surface area (Å²) in [6, 6.07) is 4.59. The zero-order chi connectivity index (χ0) is 10.8. The third-order valence-electron chi connectivity index (χ3n) is 1.45.